The van der Waals surface area contributed by atoms with Crippen LogP contribution in [-0.2, 0) is 15.9 Å². The number of hydrogen-bond acceptors (Lipinski definition) is 6. The van der Waals surface area contributed by atoms with E-state index in [1.807, 2.05) is 12.1 Å². The van der Waals surface area contributed by atoms with Gasteiger partial charge in [-0.1, -0.05) is 48.5 Å². The van der Waals surface area contributed by atoms with Crippen molar-refractivity contribution in [3.8, 4) is 11.5 Å². The second-order valence-electron chi connectivity index (χ2n) is 9.80. The average Bonchev–Trinajstić information content (AvgIpc) is 3.58. The van der Waals surface area contributed by atoms with Crippen molar-refractivity contribution in [1.29, 1.82) is 0 Å². The van der Waals surface area contributed by atoms with E-state index >= 15 is 0 Å². The zero-order valence-electron chi connectivity index (χ0n) is 20.3. The van der Waals surface area contributed by atoms with Crippen molar-refractivity contribution in [3.05, 3.63) is 95.1 Å². The zero-order chi connectivity index (χ0) is 24.8. The fourth-order valence-corrected chi connectivity index (χ4v) is 6.77. The van der Waals surface area contributed by atoms with E-state index < -0.39 is 24.1 Å². The SMILES string of the molecule is COc1ccccc1C(=O)OC1C2CC(C1OC(=O)c1ccccc1OC)C1c3ccccc3CC21. The maximum Gasteiger partial charge on any atom is 0.342 e. The molecular weight excluding hydrogens is 456 g/mol. The molecule has 3 aliphatic carbocycles. The molecule has 6 rings (SSSR count). The minimum atomic E-state index is -0.543. The second kappa shape index (κ2) is 9.01. The summed E-state index contributed by atoms with van der Waals surface area (Å²) in [6.45, 7) is 0. The largest absolute Gasteiger partial charge is 0.496 e. The lowest BCUT2D eigenvalue weighted by Crippen LogP contribution is -2.45. The second-order valence-corrected chi connectivity index (χ2v) is 9.80. The van der Waals surface area contributed by atoms with Gasteiger partial charge in [-0.25, -0.2) is 9.59 Å². The zero-order valence-corrected chi connectivity index (χ0v) is 20.3. The van der Waals surface area contributed by atoms with Crippen molar-refractivity contribution in [2.45, 2.75) is 31.0 Å². The Labute approximate surface area is 210 Å². The Kier molecular flexibility index (Phi) is 5.67. The van der Waals surface area contributed by atoms with Gasteiger partial charge in [0.05, 0.1) is 14.2 Å². The molecule has 2 bridgehead atoms. The Bertz CT molecular complexity index is 1320. The van der Waals surface area contributed by atoms with Crippen LogP contribution in [0.25, 0.3) is 0 Å². The summed E-state index contributed by atoms with van der Waals surface area (Å²) in [7, 11) is 3.06. The van der Waals surface area contributed by atoms with Gasteiger partial charge < -0.3 is 18.9 Å². The van der Waals surface area contributed by atoms with Crippen LogP contribution in [0.4, 0.5) is 0 Å². The number of carbonyl (C=O) groups excluding carboxylic acids is 2. The van der Waals surface area contributed by atoms with Crippen LogP contribution in [0, 0.1) is 17.8 Å². The van der Waals surface area contributed by atoms with E-state index in [2.05, 4.69) is 24.3 Å². The summed E-state index contributed by atoms with van der Waals surface area (Å²) in [5.74, 6) is 0.838. The number of methoxy groups -OCH3 is 2. The van der Waals surface area contributed by atoms with Crippen LogP contribution >= 0.6 is 0 Å². The maximum absolute atomic E-state index is 13.3. The van der Waals surface area contributed by atoms with Crippen molar-refractivity contribution in [2.24, 2.45) is 17.8 Å². The lowest BCUT2D eigenvalue weighted by atomic mass is 9.76. The summed E-state index contributed by atoms with van der Waals surface area (Å²) >= 11 is 0. The summed E-state index contributed by atoms with van der Waals surface area (Å²) < 4.78 is 23.1. The van der Waals surface area contributed by atoms with Crippen LogP contribution in [0.3, 0.4) is 0 Å². The Balaban J connectivity index is 1.33. The van der Waals surface area contributed by atoms with Crippen LogP contribution in [0.1, 0.15) is 44.2 Å². The number of esters is 2. The normalized spacial score (nSPS) is 27.2. The van der Waals surface area contributed by atoms with Crippen molar-refractivity contribution in [2.75, 3.05) is 14.2 Å². The molecule has 0 saturated heterocycles. The number of fused-ring (bicyclic) bond motifs is 7. The van der Waals surface area contributed by atoms with Gasteiger partial charge in [0, 0.05) is 11.8 Å². The molecule has 0 radical (unpaired) electrons. The van der Waals surface area contributed by atoms with E-state index in [1.165, 1.54) is 25.3 Å². The van der Waals surface area contributed by atoms with E-state index in [4.69, 9.17) is 18.9 Å². The highest BCUT2D eigenvalue weighted by Gasteiger charge is 2.63. The third-order valence-electron chi connectivity index (χ3n) is 8.19. The molecular formula is C30H28O6. The highest BCUT2D eigenvalue weighted by atomic mass is 16.6. The van der Waals surface area contributed by atoms with E-state index in [1.54, 1.807) is 36.4 Å². The quantitative estimate of drug-likeness (QED) is 0.456. The van der Waals surface area contributed by atoms with Gasteiger partial charge >= 0.3 is 11.9 Å². The van der Waals surface area contributed by atoms with Crippen molar-refractivity contribution in [3.63, 3.8) is 0 Å². The van der Waals surface area contributed by atoms with Crippen LogP contribution in [0.15, 0.2) is 72.8 Å². The third kappa shape index (κ3) is 3.55. The standard InChI is InChI=1S/C30H28O6/c1-33-24-13-7-5-11-19(24)29(31)35-27-22-16-23(26-18-10-4-3-9-17(18)15-21(22)26)28(27)36-30(32)20-12-6-8-14-25(20)34-2/h3-14,21-23,26-28H,15-16H2,1-2H3. The summed E-state index contributed by atoms with van der Waals surface area (Å²) in [5.41, 5.74) is 3.40. The minimum absolute atomic E-state index is 0.0813. The molecule has 6 nitrogen and oxygen atoms in total. The topological polar surface area (TPSA) is 71.1 Å². The van der Waals surface area contributed by atoms with Gasteiger partial charge in [-0.3, -0.25) is 0 Å². The number of carbonyl (C=O) groups is 2. The Morgan fingerprint density at radius 3 is 1.81 bits per heavy atom. The number of hydrogen-bond donors (Lipinski definition) is 0. The van der Waals surface area contributed by atoms with Gasteiger partial charge in [0.2, 0.25) is 0 Å². The molecule has 3 aromatic carbocycles. The number of para-hydroxylation sites is 2. The number of rotatable bonds is 6. The van der Waals surface area contributed by atoms with Crippen LogP contribution in [0.5, 0.6) is 11.5 Å². The molecule has 6 heteroatoms. The van der Waals surface area contributed by atoms with Gasteiger partial charge in [0.1, 0.15) is 34.8 Å². The van der Waals surface area contributed by atoms with Gasteiger partial charge in [-0.2, -0.15) is 0 Å². The smallest absolute Gasteiger partial charge is 0.342 e. The lowest BCUT2D eigenvalue weighted by Gasteiger charge is -2.37. The highest BCUT2D eigenvalue weighted by molar-refractivity contribution is 5.93. The molecule has 2 saturated carbocycles. The van der Waals surface area contributed by atoms with E-state index in [-0.39, 0.29) is 11.8 Å². The van der Waals surface area contributed by atoms with E-state index in [0.29, 0.717) is 34.5 Å². The molecule has 2 fully saturated rings. The fourth-order valence-electron chi connectivity index (χ4n) is 6.77. The first-order valence-electron chi connectivity index (χ1n) is 12.4. The molecule has 3 aromatic rings. The fraction of sp³-hybridized carbons (Fsp3) is 0.333. The minimum Gasteiger partial charge on any atom is -0.496 e. The molecule has 0 heterocycles. The summed E-state index contributed by atoms with van der Waals surface area (Å²) in [6.07, 6.45) is 0.745. The van der Waals surface area contributed by atoms with Crippen molar-refractivity contribution < 1.29 is 28.5 Å². The maximum atomic E-state index is 13.3. The predicted octanol–water partition coefficient (Wildman–Crippen LogP) is 5.06. The predicted molar refractivity (Wildman–Crippen MR) is 132 cm³/mol. The Hall–Kier alpha value is -3.80. The molecule has 0 N–H and O–H groups in total. The van der Waals surface area contributed by atoms with Crippen LogP contribution in [0.2, 0.25) is 0 Å². The summed E-state index contributed by atoms with van der Waals surface area (Å²) in [4.78, 5) is 26.6. The first kappa shape index (κ1) is 22.7. The molecule has 36 heavy (non-hydrogen) atoms. The molecule has 0 amide bonds. The Morgan fingerprint density at radius 1 is 0.667 bits per heavy atom. The van der Waals surface area contributed by atoms with Gasteiger partial charge in [-0.15, -0.1) is 0 Å². The molecule has 6 unspecified atom stereocenters. The highest BCUT2D eigenvalue weighted by Crippen LogP contribution is 2.62. The van der Waals surface area contributed by atoms with Crippen molar-refractivity contribution in [1.82, 2.24) is 0 Å². The first-order valence-corrected chi connectivity index (χ1v) is 12.4. The van der Waals surface area contributed by atoms with Gasteiger partial charge in [0.15, 0.2) is 0 Å². The number of ether oxygens (including phenoxy) is 4. The molecule has 0 aromatic heterocycles. The van der Waals surface area contributed by atoms with Crippen LogP contribution < -0.4 is 9.47 Å². The van der Waals surface area contributed by atoms with Crippen molar-refractivity contribution >= 4 is 11.9 Å². The molecule has 0 aliphatic heterocycles. The average molecular weight is 485 g/mol. The van der Waals surface area contributed by atoms with Crippen LogP contribution in [-0.4, -0.2) is 38.4 Å². The molecule has 3 aliphatic rings. The number of benzene rings is 3. The monoisotopic (exact) mass is 484 g/mol. The van der Waals surface area contributed by atoms with Gasteiger partial charge in [-0.05, 0) is 60.1 Å². The molecule has 0 spiro atoms. The summed E-state index contributed by atoms with van der Waals surface area (Å²) in [6, 6.07) is 22.6. The molecule has 6 atom stereocenters. The van der Waals surface area contributed by atoms with E-state index in [9.17, 15) is 9.59 Å². The molecule has 184 valence electrons. The summed E-state index contributed by atoms with van der Waals surface area (Å²) in [5, 5.41) is 0. The van der Waals surface area contributed by atoms with Gasteiger partial charge in [0.25, 0.3) is 0 Å². The third-order valence-corrected chi connectivity index (χ3v) is 8.19. The Morgan fingerprint density at radius 2 is 1.19 bits per heavy atom. The lowest BCUT2D eigenvalue weighted by molar-refractivity contribution is -0.0700. The van der Waals surface area contributed by atoms with E-state index in [0.717, 1.165) is 12.8 Å². The first-order chi connectivity index (χ1) is 17.6.